The van der Waals surface area contributed by atoms with Crippen LogP contribution in [0.1, 0.15) is 32.1 Å². The van der Waals surface area contributed by atoms with Crippen LogP contribution in [-0.4, -0.2) is 52.0 Å². The first-order valence-electron chi connectivity index (χ1n) is 9.23. The van der Waals surface area contributed by atoms with E-state index in [2.05, 4.69) is 16.0 Å². The second-order valence-corrected chi connectivity index (χ2v) is 6.69. The zero-order valence-corrected chi connectivity index (χ0v) is 15.6. The van der Waals surface area contributed by atoms with Crippen molar-refractivity contribution in [2.24, 2.45) is 0 Å². The predicted octanol–water partition coefficient (Wildman–Crippen LogP) is 1.41. The van der Waals surface area contributed by atoms with Gasteiger partial charge in [-0.15, -0.1) is 0 Å². The van der Waals surface area contributed by atoms with Gasteiger partial charge in [-0.25, -0.2) is 4.79 Å². The van der Waals surface area contributed by atoms with Crippen LogP contribution in [0.5, 0.6) is 0 Å². The molecule has 4 N–H and O–H groups in total. The predicted molar refractivity (Wildman–Crippen MR) is 103 cm³/mol. The highest BCUT2D eigenvalue weighted by atomic mass is 16.6. The van der Waals surface area contributed by atoms with Gasteiger partial charge in [0.05, 0.1) is 22.0 Å². The van der Waals surface area contributed by atoms with Crippen LogP contribution in [0.25, 0.3) is 0 Å². The number of nitrogens with one attached hydrogen (secondary N) is 3. The molecule has 29 heavy (non-hydrogen) atoms. The number of aliphatic carboxylic acids is 1. The molecule has 1 fully saturated rings. The molecule has 1 heterocycles. The lowest BCUT2D eigenvalue weighted by Gasteiger charge is -2.17. The monoisotopic (exact) mass is 409 g/mol. The molecule has 1 aliphatic heterocycles. The fourth-order valence-corrected chi connectivity index (χ4v) is 3.07. The zero-order chi connectivity index (χ0) is 21.4. The Kier molecular flexibility index (Phi) is 7.83. The quantitative estimate of drug-likeness (QED) is 0.239. The minimum Gasteiger partial charge on any atom is -0.480 e. The number of amides is 1. The number of hydrogen-bond acceptors (Lipinski definition) is 8. The molecule has 2 atom stereocenters. The van der Waals surface area contributed by atoms with Gasteiger partial charge >= 0.3 is 5.97 Å². The van der Waals surface area contributed by atoms with Gasteiger partial charge in [0.1, 0.15) is 11.7 Å². The molecule has 12 nitrogen and oxygen atoms in total. The van der Waals surface area contributed by atoms with Gasteiger partial charge in [0, 0.05) is 12.6 Å². The average molecular weight is 409 g/mol. The number of non-ortho nitro benzene ring substituents is 1. The summed E-state index contributed by atoms with van der Waals surface area (Å²) >= 11 is 0. The molecule has 0 aromatic heterocycles. The van der Waals surface area contributed by atoms with Crippen LogP contribution in [0.2, 0.25) is 0 Å². The molecule has 0 bridgehead atoms. The maximum Gasteiger partial charge on any atom is 0.326 e. The highest BCUT2D eigenvalue weighted by Gasteiger charge is 2.26. The minimum absolute atomic E-state index is 0.149. The van der Waals surface area contributed by atoms with Crippen LogP contribution in [0, 0.1) is 20.2 Å². The van der Waals surface area contributed by atoms with Gasteiger partial charge in [0.25, 0.3) is 11.4 Å². The molecule has 0 radical (unpaired) electrons. The topological polar surface area (TPSA) is 177 Å². The van der Waals surface area contributed by atoms with Crippen molar-refractivity contribution in [2.45, 2.75) is 44.2 Å². The van der Waals surface area contributed by atoms with Crippen molar-refractivity contribution in [1.29, 1.82) is 0 Å². The van der Waals surface area contributed by atoms with Gasteiger partial charge in [0.2, 0.25) is 5.91 Å². The number of hydrogen-bond donors (Lipinski definition) is 4. The van der Waals surface area contributed by atoms with E-state index >= 15 is 0 Å². The van der Waals surface area contributed by atoms with E-state index in [9.17, 15) is 34.9 Å². The Morgan fingerprint density at radius 3 is 2.59 bits per heavy atom. The van der Waals surface area contributed by atoms with E-state index in [1.54, 1.807) is 0 Å². The number of carboxylic acids is 1. The third-order valence-electron chi connectivity index (χ3n) is 4.62. The Morgan fingerprint density at radius 1 is 1.24 bits per heavy atom. The molecule has 1 aliphatic rings. The normalized spacial score (nSPS) is 16.8. The molecule has 0 saturated carbocycles. The SMILES string of the molecule is O=C(O)[C@H](CCCCNc1ccc([N+](=O)[O-])cc1[N+](=O)[O-])NC(=O)[C@@H]1CCCN1. The second-order valence-electron chi connectivity index (χ2n) is 6.69. The van der Waals surface area contributed by atoms with Crippen LogP contribution in [-0.2, 0) is 9.59 Å². The molecule has 1 aromatic carbocycles. The largest absolute Gasteiger partial charge is 0.480 e. The lowest BCUT2D eigenvalue weighted by Crippen LogP contribution is -2.48. The van der Waals surface area contributed by atoms with E-state index in [0.717, 1.165) is 19.0 Å². The van der Waals surface area contributed by atoms with E-state index in [1.807, 2.05) is 0 Å². The Labute approximate surface area is 166 Å². The average Bonchev–Trinajstić information content (AvgIpc) is 3.21. The van der Waals surface area contributed by atoms with Gasteiger partial charge < -0.3 is 21.1 Å². The van der Waals surface area contributed by atoms with E-state index in [4.69, 9.17) is 0 Å². The first kappa shape index (κ1) is 22.0. The zero-order valence-electron chi connectivity index (χ0n) is 15.6. The lowest BCUT2D eigenvalue weighted by atomic mass is 10.1. The van der Waals surface area contributed by atoms with Gasteiger partial charge in [-0.3, -0.25) is 25.0 Å². The van der Waals surface area contributed by atoms with Crippen molar-refractivity contribution in [3.8, 4) is 0 Å². The minimum atomic E-state index is -1.12. The summed E-state index contributed by atoms with van der Waals surface area (Å²) in [4.78, 5) is 43.8. The Morgan fingerprint density at radius 2 is 2.00 bits per heavy atom. The number of nitrogens with zero attached hydrogens (tertiary/aromatic N) is 2. The Balaban J connectivity index is 1.81. The summed E-state index contributed by atoms with van der Waals surface area (Å²) in [5.41, 5.74) is -0.631. The van der Waals surface area contributed by atoms with E-state index < -0.39 is 27.5 Å². The molecule has 12 heteroatoms. The van der Waals surface area contributed by atoms with Gasteiger partial charge in [0.15, 0.2) is 0 Å². The molecular formula is C17H23N5O7. The van der Waals surface area contributed by atoms with Crippen LogP contribution in [0.3, 0.4) is 0 Å². The number of unbranched alkanes of at least 4 members (excludes halogenated alkanes) is 1. The van der Waals surface area contributed by atoms with Gasteiger partial charge in [-0.2, -0.15) is 0 Å². The molecule has 1 amide bonds. The number of carbonyl (C=O) groups excluding carboxylic acids is 1. The first-order valence-corrected chi connectivity index (χ1v) is 9.23. The third kappa shape index (κ3) is 6.38. The number of anilines is 1. The number of nitro groups is 2. The van der Waals surface area contributed by atoms with Crippen LogP contribution < -0.4 is 16.0 Å². The summed E-state index contributed by atoms with van der Waals surface area (Å²) in [7, 11) is 0. The van der Waals surface area contributed by atoms with Crippen LogP contribution >= 0.6 is 0 Å². The van der Waals surface area contributed by atoms with Crippen molar-refractivity contribution in [3.05, 3.63) is 38.4 Å². The van der Waals surface area contributed by atoms with Crippen molar-refractivity contribution >= 4 is 28.9 Å². The molecule has 1 aromatic rings. The highest BCUT2D eigenvalue weighted by molar-refractivity contribution is 5.87. The van der Waals surface area contributed by atoms with Crippen molar-refractivity contribution in [3.63, 3.8) is 0 Å². The summed E-state index contributed by atoms with van der Waals surface area (Å²) in [6, 6.07) is 1.96. The number of nitro benzene ring substituents is 2. The van der Waals surface area contributed by atoms with Crippen molar-refractivity contribution < 1.29 is 24.5 Å². The smallest absolute Gasteiger partial charge is 0.326 e. The van der Waals surface area contributed by atoms with Crippen LogP contribution in [0.15, 0.2) is 18.2 Å². The van der Waals surface area contributed by atoms with E-state index in [0.29, 0.717) is 25.8 Å². The fraction of sp³-hybridized carbons (Fsp3) is 0.529. The fourth-order valence-electron chi connectivity index (χ4n) is 3.07. The number of benzene rings is 1. The standard InChI is InChI=1S/C17H23N5O7/c23-16(13-5-3-9-19-13)20-14(17(24)25)4-1-2-8-18-12-7-6-11(21(26)27)10-15(12)22(28)29/h6-7,10,13-14,18-19H,1-5,8-9H2,(H,20,23)(H,24,25)/t13-,14-/m0/s1. The van der Waals surface area contributed by atoms with Crippen molar-refractivity contribution in [1.82, 2.24) is 10.6 Å². The summed E-state index contributed by atoms with van der Waals surface area (Å²) in [6.07, 6.45) is 2.73. The van der Waals surface area contributed by atoms with Gasteiger partial charge in [-0.05, 0) is 44.7 Å². The molecule has 0 aliphatic carbocycles. The summed E-state index contributed by atoms with van der Waals surface area (Å²) in [5.74, 6) is -1.44. The first-order chi connectivity index (χ1) is 13.8. The van der Waals surface area contributed by atoms with Crippen molar-refractivity contribution in [2.75, 3.05) is 18.4 Å². The summed E-state index contributed by atoms with van der Waals surface area (Å²) in [6.45, 7) is 1.04. The lowest BCUT2D eigenvalue weighted by molar-refractivity contribution is -0.393. The maximum atomic E-state index is 12.0. The van der Waals surface area contributed by atoms with Crippen LogP contribution in [0.4, 0.5) is 17.1 Å². The van der Waals surface area contributed by atoms with Gasteiger partial charge in [-0.1, -0.05) is 0 Å². The third-order valence-corrected chi connectivity index (χ3v) is 4.62. The van der Waals surface area contributed by atoms with E-state index in [1.165, 1.54) is 12.1 Å². The number of carbonyl (C=O) groups is 2. The molecule has 0 unspecified atom stereocenters. The second kappa shape index (κ2) is 10.3. The Bertz CT molecular complexity index is 779. The summed E-state index contributed by atoms with van der Waals surface area (Å²) < 4.78 is 0. The highest BCUT2D eigenvalue weighted by Crippen LogP contribution is 2.28. The molecule has 158 valence electrons. The molecule has 1 saturated heterocycles. The summed E-state index contributed by atoms with van der Waals surface area (Å²) in [5, 5.41) is 39.5. The molecular weight excluding hydrogens is 386 g/mol. The molecule has 2 rings (SSSR count). The number of rotatable bonds is 11. The molecule has 0 spiro atoms. The number of carboxylic acid groups (broad SMARTS) is 1. The maximum absolute atomic E-state index is 12.0. The van der Waals surface area contributed by atoms with E-state index in [-0.39, 0.29) is 29.7 Å². The Hall–Kier alpha value is -3.28.